The smallest absolute Gasteiger partial charge is 0.227 e. The van der Waals surface area contributed by atoms with Crippen molar-refractivity contribution in [1.29, 1.82) is 0 Å². The summed E-state index contributed by atoms with van der Waals surface area (Å²) in [7, 11) is 0. The van der Waals surface area contributed by atoms with E-state index in [2.05, 4.69) is 34.0 Å². The van der Waals surface area contributed by atoms with Gasteiger partial charge in [0.1, 0.15) is 5.82 Å². The highest BCUT2D eigenvalue weighted by molar-refractivity contribution is 5.44. The van der Waals surface area contributed by atoms with Gasteiger partial charge >= 0.3 is 0 Å². The number of hydrogen-bond acceptors (Lipinski definition) is 5. The van der Waals surface area contributed by atoms with E-state index in [1.165, 1.54) is 0 Å². The van der Waals surface area contributed by atoms with E-state index in [-0.39, 0.29) is 0 Å². The van der Waals surface area contributed by atoms with Crippen molar-refractivity contribution in [3.63, 3.8) is 0 Å². The summed E-state index contributed by atoms with van der Waals surface area (Å²) < 4.78 is 5.35. The Morgan fingerprint density at radius 3 is 2.78 bits per heavy atom. The molecule has 2 rings (SSSR count). The molecule has 0 bridgehead atoms. The van der Waals surface area contributed by atoms with Crippen molar-refractivity contribution in [3.05, 3.63) is 11.8 Å². The van der Waals surface area contributed by atoms with Gasteiger partial charge in [-0.2, -0.15) is 4.98 Å². The van der Waals surface area contributed by atoms with Crippen LogP contribution in [0.5, 0.6) is 0 Å². The second kappa shape index (κ2) is 6.00. The van der Waals surface area contributed by atoms with E-state index in [0.29, 0.717) is 6.04 Å². The molecule has 0 radical (unpaired) electrons. The topological polar surface area (TPSA) is 50.3 Å². The molecule has 5 nitrogen and oxygen atoms in total. The van der Waals surface area contributed by atoms with E-state index < -0.39 is 0 Å². The average Bonchev–Trinajstić information content (AvgIpc) is 2.39. The number of anilines is 2. The second-order valence-electron chi connectivity index (χ2n) is 4.75. The lowest BCUT2D eigenvalue weighted by atomic mass is 10.2. The summed E-state index contributed by atoms with van der Waals surface area (Å²) in [4.78, 5) is 11.3. The maximum atomic E-state index is 5.35. The van der Waals surface area contributed by atoms with Gasteiger partial charge in [-0.15, -0.1) is 0 Å². The van der Waals surface area contributed by atoms with Crippen LogP contribution in [-0.4, -0.2) is 42.3 Å². The van der Waals surface area contributed by atoms with Gasteiger partial charge in [0.2, 0.25) is 5.95 Å². The van der Waals surface area contributed by atoms with Gasteiger partial charge in [0.15, 0.2) is 0 Å². The Balaban J connectivity index is 2.14. The molecule has 5 heteroatoms. The van der Waals surface area contributed by atoms with Gasteiger partial charge in [-0.1, -0.05) is 6.92 Å². The van der Waals surface area contributed by atoms with Crippen LogP contribution in [-0.2, 0) is 4.74 Å². The summed E-state index contributed by atoms with van der Waals surface area (Å²) in [5.41, 5.74) is 0.997. The highest BCUT2D eigenvalue weighted by Gasteiger charge is 2.15. The molecule has 1 aromatic heterocycles. The molecule has 1 aliphatic rings. The number of aryl methyl sites for hydroxylation is 1. The third-order valence-corrected chi connectivity index (χ3v) is 3.14. The summed E-state index contributed by atoms with van der Waals surface area (Å²) in [6.45, 7) is 9.57. The summed E-state index contributed by atoms with van der Waals surface area (Å²) in [5, 5.41) is 3.40. The molecule has 1 fully saturated rings. The number of morpholine rings is 1. The first-order valence-corrected chi connectivity index (χ1v) is 6.64. The Bertz CT molecular complexity index is 391. The number of ether oxygens (including phenoxy) is 1. The molecule has 2 heterocycles. The molecule has 0 aliphatic carbocycles. The quantitative estimate of drug-likeness (QED) is 0.883. The highest BCUT2D eigenvalue weighted by atomic mass is 16.5. The zero-order chi connectivity index (χ0) is 13.0. The van der Waals surface area contributed by atoms with Crippen molar-refractivity contribution in [2.45, 2.75) is 33.2 Å². The maximum Gasteiger partial charge on any atom is 0.227 e. The minimum Gasteiger partial charge on any atom is -0.378 e. The molecule has 100 valence electrons. The standard InChI is InChI=1S/C13H22N4O/c1-4-10(2)14-12-9-11(3)15-13(16-12)17-5-7-18-8-6-17/h9-10H,4-8H2,1-3H3,(H,14,15,16). The fourth-order valence-corrected chi connectivity index (χ4v) is 1.89. The van der Waals surface area contributed by atoms with Gasteiger partial charge in [0.05, 0.1) is 13.2 Å². The van der Waals surface area contributed by atoms with E-state index in [1.54, 1.807) is 0 Å². The third-order valence-electron chi connectivity index (χ3n) is 3.14. The van der Waals surface area contributed by atoms with Crippen LogP contribution in [0.25, 0.3) is 0 Å². The van der Waals surface area contributed by atoms with Crippen molar-refractivity contribution >= 4 is 11.8 Å². The summed E-state index contributed by atoms with van der Waals surface area (Å²) in [5.74, 6) is 1.72. The Hall–Kier alpha value is -1.36. The number of rotatable bonds is 4. The molecule has 1 atom stereocenters. The summed E-state index contributed by atoms with van der Waals surface area (Å²) in [6, 6.07) is 2.42. The zero-order valence-electron chi connectivity index (χ0n) is 11.4. The van der Waals surface area contributed by atoms with Crippen LogP contribution in [0.3, 0.4) is 0 Å². The predicted octanol–water partition coefficient (Wildman–Crippen LogP) is 1.83. The molecular weight excluding hydrogens is 228 g/mol. The van der Waals surface area contributed by atoms with Crippen molar-refractivity contribution in [1.82, 2.24) is 9.97 Å². The minimum absolute atomic E-state index is 0.428. The van der Waals surface area contributed by atoms with Crippen LogP contribution in [0.2, 0.25) is 0 Å². The van der Waals surface area contributed by atoms with E-state index >= 15 is 0 Å². The first kappa shape index (κ1) is 13.1. The first-order chi connectivity index (χ1) is 8.69. The normalized spacial score (nSPS) is 17.6. The fraction of sp³-hybridized carbons (Fsp3) is 0.692. The second-order valence-corrected chi connectivity index (χ2v) is 4.75. The molecule has 1 aliphatic heterocycles. The van der Waals surface area contributed by atoms with Gasteiger partial charge in [-0.3, -0.25) is 0 Å². The van der Waals surface area contributed by atoms with Crippen LogP contribution in [0.1, 0.15) is 26.0 Å². The molecule has 1 N–H and O–H groups in total. The van der Waals surface area contributed by atoms with E-state index in [9.17, 15) is 0 Å². The lowest BCUT2D eigenvalue weighted by Crippen LogP contribution is -2.37. The summed E-state index contributed by atoms with van der Waals surface area (Å²) >= 11 is 0. The number of hydrogen-bond donors (Lipinski definition) is 1. The van der Waals surface area contributed by atoms with Crippen molar-refractivity contribution in [2.24, 2.45) is 0 Å². The minimum atomic E-state index is 0.428. The lowest BCUT2D eigenvalue weighted by Gasteiger charge is -2.27. The lowest BCUT2D eigenvalue weighted by molar-refractivity contribution is 0.122. The van der Waals surface area contributed by atoms with E-state index in [1.807, 2.05) is 13.0 Å². The molecule has 0 saturated carbocycles. The van der Waals surface area contributed by atoms with Gasteiger partial charge < -0.3 is 15.0 Å². The van der Waals surface area contributed by atoms with Crippen molar-refractivity contribution < 1.29 is 4.74 Å². The molecule has 1 unspecified atom stereocenters. The fourth-order valence-electron chi connectivity index (χ4n) is 1.89. The van der Waals surface area contributed by atoms with Crippen LogP contribution in [0.15, 0.2) is 6.07 Å². The molecule has 0 spiro atoms. The van der Waals surface area contributed by atoms with Gasteiger partial charge in [-0.25, -0.2) is 4.98 Å². The summed E-state index contributed by atoms with van der Waals surface area (Å²) in [6.07, 6.45) is 1.08. The molecular formula is C13H22N4O. The van der Waals surface area contributed by atoms with Gasteiger partial charge in [0.25, 0.3) is 0 Å². The number of nitrogens with one attached hydrogen (secondary N) is 1. The Morgan fingerprint density at radius 1 is 1.39 bits per heavy atom. The number of aromatic nitrogens is 2. The maximum absolute atomic E-state index is 5.35. The molecule has 18 heavy (non-hydrogen) atoms. The molecule has 0 amide bonds. The van der Waals surface area contributed by atoms with Crippen LogP contribution >= 0.6 is 0 Å². The van der Waals surface area contributed by atoms with Gasteiger partial charge in [-0.05, 0) is 20.3 Å². The Labute approximate surface area is 109 Å². The molecule has 1 saturated heterocycles. The van der Waals surface area contributed by atoms with Crippen LogP contribution < -0.4 is 10.2 Å². The van der Waals surface area contributed by atoms with E-state index in [4.69, 9.17) is 4.74 Å². The van der Waals surface area contributed by atoms with Gasteiger partial charge in [0, 0.05) is 30.9 Å². The van der Waals surface area contributed by atoms with Crippen molar-refractivity contribution in [2.75, 3.05) is 36.5 Å². The van der Waals surface area contributed by atoms with Crippen LogP contribution in [0.4, 0.5) is 11.8 Å². The molecule has 1 aromatic rings. The largest absolute Gasteiger partial charge is 0.378 e. The predicted molar refractivity (Wildman–Crippen MR) is 73.2 cm³/mol. The monoisotopic (exact) mass is 250 g/mol. The highest BCUT2D eigenvalue weighted by Crippen LogP contribution is 2.16. The van der Waals surface area contributed by atoms with E-state index in [0.717, 1.165) is 50.2 Å². The van der Waals surface area contributed by atoms with Crippen LogP contribution in [0, 0.1) is 6.92 Å². The molecule has 0 aromatic carbocycles. The SMILES string of the molecule is CCC(C)Nc1cc(C)nc(N2CCOCC2)n1. The third kappa shape index (κ3) is 3.32. The first-order valence-electron chi connectivity index (χ1n) is 6.64. The Morgan fingerprint density at radius 2 is 2.11 bits per heavy atom. The van der Waals surface area contributed by atoms with Crippen molar-refractivity contribution in [3.8, 4) is 0 Å². The number of nitrogens with zero attached hydrogens (tertiary/aromatic N) is 3. The average molecular weight is 250 g/mol. The zero-order valence-corrected chi connectivity index (χ0v) is 11.4. The Kier molecular flexibility index (Phi) is 4.36.